The van der Waals surface area contributed by atoms with Gasteiger partial charge in [-0.3, -0.25) is 0 Å². The van der Waals surface area contributed by atoms with Gasteiger partial charge in [-0.25, -0.2) is 9.37 Å². The minimum absolute atomic E-state index is 0.273. The third-order valence-electron chi connectivity index (χ3n) is 2.26. The van der Waals surface area contributed by atoms with Crippen LogP contribution in [0.2, 0.25) is 0 Å². The Morgan fingerprint density at radius 2 is 2.38 bits per heavy atom. The number of aliphatic hydroxyl groups excluding tert-OH is 1. The van der Waals surface area contributed by atoms with Crippen LogP contribution in [0, 0.1) is 5.82 Å². The van der Waals surface area contributed by atoms with E-state index in [1.165, 1.54) is 12.3 Å². The van der Waals surface area contributed by atoms with E-state index >= 15 is 0 Å². The molecule has 0 saturated carbocycles. The van der Waals surface area contributed by atoms with Crippen LogP contribution in [0.1, 0.15) is 18.9 Å². The minimum atomic E-state index is -0.444. The third-order valence-corrected chi connectivity index (χ3v) is 2.26. The van der Waals surface area contributed by atoms with E-state index < -0.39 is 5.82 Å². The van der Waals surface area contributed by atoms with Crippen LogP contribution >= 0.6 is 0 Å². The largest absolute Gasteiger partial charge is 0.392 e. The van der Waals surface area contributed by atoms with Crippen molar-refractivity contribution in [2.45, 2.75) is 20.0 Å². The van der Waals surface area contributed by atoms with Gasteiger partial charge in [0.1, 0.15) is 0 Å². The highest BCUT2D eigenvalue weighted by molar-refractivity contribution is 5.43. The molecule has 16 heavy (non-hydrogen) atoms. The predicted molar refractivity (Wildman–Crippen MR) is 62.8 cm³/mol. The van der Waals surface area contributed by atoms with E-state index in [0.29, 0.717) is 13.1 Å². The number of rotatable bonds is 6. The second-order valence-corrected chi connectivity index (χ2v) is 3.50. The molecule has 0 saturated heterocycles. The molecule has 0 aliphatic carbocycles. The zero-order chi connectivity index (χ0) is 12.0. The van der Waals surface area contributed by atoms with Gasteiger partial charge in [0.15, 0.2) is 11.6 Å². The molecule has 0 spiro atoms. The zero-order valence-corrected chi connectivity index (χ0v) is 9.49. The number of nitrogens with zero attached hydrogens (tertiary/aromatic N) is 2. The third kappa shape index (κ3) is 2.79. The summed E-state index contributed by atoms with van der Waals surface area (Å²) in [6.45, 7) is 6.61. The van der Waals surface area contributed by atoms with E-state index in [4.69, 9.17) is 5.11 Å². The molecule has 0 aliphatic rings. The van der Waals surface area contributed by atoms with Crippen LogP contribution in [0.25, 0.3) is 0 Å². The van der Waals surface area contributed by atoms with Crippen molar-refractivity contribution in [2.75, 3.05) is 18.0 Å². The molecule has 0 aromatic carbocycles. The zero-order valence-electron chi connectivity index (χ0n) is 9.49. The van der Waals surface area contributed by atoms with Crippen LogP contribution in [0.15, 0.2) is 24.9 Å². The van der Waals surface area contributed by atoms with E-state index in [1.54, 1.807) is 6.08 Å². The highest BCUT2D eigenvalue weighted by Gasteiger charge is 2.14. The topological polar surface area (TPSA) is 36.4 Å². The lowest BCUT2D eigenvalue weighted by Gasteiger charge is -2.22. The van der Waals surface area contributed by atoms with E-state index in [1.807, 2.05) is 11.8 Å². The molecule has 0 amide bonds. The number of hydrogen-bond donors (Lipinski definition) is 1. The van der Waals surface area contributed by atoms with E-state index in [0.717, 1.165) is 6.42 Å². The van der Waals surface area contributed by atoms with Gasteiger partial charge in [-0.2, -0.15) is 0 Å². The van der Waals surface area contributed by atoms with Gasteiger partial charge in [0.05, 0.1) is 6.61 Å². The van der Waals surface area contributed by atoms with Crippen LogP contribution in [0.3, 0.4) is 0 Å². The Kier molecular flexibility index (Phi) is 4.92. The second kappa shape index (κ2) is 6.23. The molecule has 0 bridgehead atoms. The van der Waals surface area contributed by atoms with Gasteiger partial charge < -0.3 is 10.0 Å². The molecule has 0 radical (unpaired) electrons. The Bertz CT molecular complexity index is 355. The van der Waals surface area contributed by atoms with Crippen molar-refractivity contribution in [3.05, 3.63) is 36.3 Å². The molecule has 0 aliphatic heterocycles. The molecule has 1 aromatic heterocycles. The van der Waals surface area contributed by atoms with E-state index in [2.05, 4.69) is 11.6 Å². The van der Waals surface area contributed by atoms with Gasteiger partial charge in [-0.15, -0.1) is 6.58 Å². The van der Waals surface area contributed by atoms with E-state index in [9.17, 15) is 4.39 Å². The fraction of sp³-hybridized carbons (Fsp3) is 0.417. The molecule has 1 aromatic rings. The maximum atomic E-state index is 13.9. The van der Waals surface area contributed by atoms with Crippen LogP contribution in [-0.2, 0) is 6.61 Å². The summed E-state index contributed by atoms with van der Waals surface area (Å²) < 4.78 is 13.9. The molecular formula is C12H17FN2O. The van der Waals surface area contributed by atoms with Crippen molar-refractivity contribution in [1.29, 1.82) is 0 Å². The Morgan fingerprint density at radius 3 is 2.94 bits per heavy atom. The Hall–Kier alpha value is -1.42. The van der Waals surface area contributed by atoms with Crippen molar-refractivity contribution in [1.82, 2.24) is 4.98 Å². The summed E-state index contributed by atoms with van der Waals surface area (Å²) in [5, 5.41) is 8.98. The summed E-state index contributed by atoms with van der Waals surface area (Å²) in [5.74, 6) is -0.159. The summed E-state index contributed by atoms with van der Waals surface area (Å²) >= 11 is 0. The molecule has 0 unspecified atom stereocenters. The van der Waals surface area contributed by atoms with Crippen LogP contribution < -0.4 is 4.90 Å². The van der Waals surface area contributed by atoms with Crippen molar-refractivity contribution < 1.29 is 9.50 Å². The van der Waals surface area contributed by atoms with Gasteiger partial charge >= 0.3 is 0 Å². The lowest BCUT2D eigenvalue weighted by atomic mass is 10.2. The van der Waals surface area contributed by atoms with Gasteiger partial charge in [-0.1, -0.05) is 13.0 Å². The highest BCUT2D eigenvalue weighted by Crippen LogP contribution is 2.19. The Labute approximate surface area is 95.2 Å². The first-order chi connectivity index (χ1) is 7.74. The molecule has 3 nitrogen and oxygen atoms in total. The molecule has 1 heterocycles. The predicted octanol–water partition coefficient (Wildman–Crippen LogP) is 2.12. The first-order valence-corrected chi connectivity index (χ1v) is 5.34. The average Bonchev–Trinajstić information content (AvgIpc) is 2.29. The van der Waals surface area contributed by atoms with Crippen molar-refractivity contribution >= 4 is 5.82 Å². The van der Waals surface area contributed by atoms with Crippen LogP contribution in [0.4, 0.5) is 10.2 Å². The summed E-state index contributed by atoms with van der Waals surface area (Å²) in [6.07, 6.45) is 4.12. The summed E-state index contributed by atoms with van der Waals surface area (Å²) in [5.41, 5.74) is 0.273. The summed E-state index contributed by atoms with van der Waals surface area (Å²) in [6, 6.07) is 1.48. The van der Waals surface area contributed by atoms with Crippen LogP contribution in [-0.4, -0.2) is 23.2 Å². The SMILES string of the molecule is C=CCN(CCC)c1nccc(CO)c1F. The maximum Gasteiger partial charge on any atom is 0.171 e. The highest BCUT2D eigenvalue weighted by atomic mass is 19.1. The standard InChI is InChI=1S/C12H17FN2O/c1-3-7-15(8-4-2)12-11(13)10(9-16)5-6-14-12/h3,5-6,16H,1,4,7-9H2,2H3. The van der Waals surface area contributed by atoms with Gasteiger partial charge in [0, 0.05) is 24.8 Å². The number of anilines is 1. The molecule has 0 atom stereocenters. The molecule has 4 heteroatoms. The number of halogens is 1. The van der Waals surface area contributed by atoms with Crippen molar-refractivity contribution in [2.24, 2.45) is 0 Å². The molecule has 1 rings (SSSR count). The number of aromatic nitrogens is 1. The van der Waals surface area contributed by atoms with Crippen molar-refractivity contribution in [3.63, 3.8) is 0 Å². The number of hydrogen-bond acceptors (Lipinski definition) is 3. The van der Waals surface area contributed by atoms with Gasteiger partial charge in [0.25, 0.3) is 0 Å². The lowest BCUT2D eigenvalue weighted by Crippen LogP contribution is -2.26. The normalized spacial score (nSPS) is 10.2. The monoisotopic (exact) mass is 224 g/mol. The molecule has 88 valence electrons. The first-order valence-electron chi connectivity index (χ1n) is 5.34. The number of pyridine rings is 1. The molecule has 1 N–H and O–H groups in total. The van der Waals surface area contributed by atoms with Gasteiger partial charge in [-0.05, 0) is 12.5 Å². The van der Waals surface area contributed by atoms with Crippen LogP contribution in [0.5, 0.6) is 0 Å². The van der Waals surface area contributed by atoms with E-state index in [-0.39, 0.29) is 18.0 Å². The fourth-order valence-electron chi connectivity index (χ4n) is 1.52. The van der Waals surface area contributed by atoms with Crippen molar-refractivity contribution in [3.8, 4) is 0 Å². The second-order valence-electron chi connectivity index (χ2n) is 3.50. The van der Waals surface area contributed by atoms with Gasteiger partial charge in [0.2, 0.25) is 0 Å². The average molecular weight is 224 g/mol. The Morgan fingerprint density at radius 1 is 1.62 bits per heavy atom. The fourth-order valence-corrected chi connectivity index (χ4v) is 1.52. The molecule has 0 fully saturated rings. The quantitative estimate of drug-likeness (QED) is 0.752. The minimum Gasteiger partial charge on any atom is -0.392 e. The number of aliphatic hydroxyl groups is 1. The molecular weight excluding hydrogens is 207 g/mol. The smallest absolute Gasteiger partial charge is 0.171 e. The first kappa shape index (κ1) is 12.6. The summed E-state index contributed by atoms with van der Waals surface area (Å²) in [4.78, 5) is 5.82. The lowest BCUT2D eigenvalue weighted by molar-refractivity contribution is 0.275. The Balaban J connectivity index is 3.02. The summed E-state index contributed by atoms with van der Waals surface area (Å²) in [7, 11) is 0. The maximum absolute atomic E-state index is 13.9.